The number of aldehydes is 1. The Morgan fingerprint density at radius 3 is 2.70 bits per heavy atom. The second-order valence-corrected chi connectivity index (χ2v) is 1.92. The summed E-state index contributed by atoms with van der Waals surface area (Å²) >= 11 is 0. The van der Waals surface area contributed by atoms with Gasteiger partial charge in [-0.25, -0.2) is 0 Å². The highest BCUT2D eigenvalue weighted by Gasteiger charge is 1.83. The Labute approximate surface area is 61.1 Å². The topological polar surface area (TPSA) is 38.7 Å². The minimum Gasteiger partial charge on any atom is -0.399 e. The normalized spacial score (nSPS) is 10.1. The van der Waals surface area contributed by atoms with E-state index in [1.54, 1.807) is 6.21 Å². The molecule has 0 aromatic rings. The van der Waals surface area contributed by atoms with E-state index in [1.165, 1.54) is 7.11 Å². The van der Waals surface area contributed by atoms with E-state index >= 15 is 0 Å². The van der Waals surface area contributed by atoms with Gasteiger partial charge in [0.25, 0.3) is 0 Å². The van der Waals surface area contributed by atoms with Crippen molar-refractivity contribution in [3.05, 3.63) is 0 Å². The van der Waals surface area contributed by atoms with Crippen LogP contribution in [0.1, 0.15) is 25.7 Å². The molecule has 0 atom stereocenters. The molecular formula is C7H13NO2. The summed E-state index contributed by atoms with van der Waals surface area (Å²) in [7, 11) is 1.52. The minimum absolute atomic E-state index is 0.654. The quantitative estimate of drug-likeness (QED) is 0.244. The highest BCUT2D eigenvalue weighted by molar-refractivity contribution is 5.56. The number of nitrogens with zero attached hydrogens (tertiary/aromatic N) is 1. The van der Waals surface area contributed by atoms with Crippen LogP contribution in [0.4, 0.5) is 0 Å². The van der Waals surface area contributed by atoms with Crippen LogP contribution in [0.3, 0.4) is 0 Å². The summed E-state index contributed by atoms with van der Waals surface area (Å²) in [6.07, 6.45) is 6.14. The van der Waals surface area contributed by atoms with E-state index < -0.39 is 0 Å². The van der Waals surface area contributed by atoms with Gasteiger partial charge in [-0.2, -0.15) is 0 Å². The van der Waals surface area contributed by atoms with Crippen LogP contribution in [0.5, 0.6) is 0 Å². The van der Waals surface area contributed by atoms with Crippen molar-refractivity contribution in [2.24, 2.45) is 5.16 Å². The largest absolute Gasteiger partial charge is 0.399 e. The molecule has 3 heteroatoms. The first-order valence-electron chi connectivity index (χ1n) is 3.40. The van der Waals surface area contributed by atoms with E-state index in [-0.39, 0.29) is 0 Å². The van der Waals surface area contributed by atoms with Crippen molar-refractivity contribution >= 4 is 12.5 Å². The third-order valence-electron chi connectivity index (χ3n) is 1.09. The summed E-state index contributed by atoms with van der Waals surface area (Å²) in [5.74, 6) is 0. The predicted molar refractivity (Wildman–Crippen MR) is 40.0 cm³/mol. The zero-order valence-electron chi connectivity index (χ0n) is 6.25. The third-order valence-corrected chi connectivity index (χ3v) is 1.09. The molecule has 0 fully saturated rings. The molecule has 0 N–H and O–H groups in total. The van der Waals surface area contributed by atoms with E-state index in [0.29, 0.717) is 6.42 Å². The van der Waals surface area contributed by atoms with Crippen LogP contribution in [0, 0.1) is 0 Å². The number of carbonyl (C=O) groups is 1. The van der Waals surface area contributed by atoms with Crippen LogP contribution < -0.4 is 0 Å². The van der Waals surface area contributed by atoms with Gasteiger partial charge in [0.2, 0.25) is 0 Å². The fourth-order valence-electron chi connectivity index (χ4n) is 0.591. The highest BCUT2D eigenvalue weighted by atomic mass is 16.6. The molecule has 0 aliphatic carbocycles. The molecule has 0 heterocycles. The molecule has 0 aromatic carbocycles. The van der Waals surface area contributed by atoms with Crippen molar-refractivity contribution in [2.45, 2.75) is 25.7 Å². The summed E-state index contributed by atoms with van der Waals surface area (Å²) in [4.78, 5) is 14.3. The Balaban J connectivity index is 2.89. The van der Waals surface area contributed by atoms with Crippen LogP contribution in [0.25, 0.3) is 0 Å². The number of unbranched alkanes of at least 4 members (excludes halogenated alkanes) is 3. The van der Waals surface area contributed by atoms with Crippen molar-refractivity contribution in [1.82, 2.24) is 0 Å². The average molecular weight is 143 g/mol. The van der Waals surface area contributed by atoms with Crippen LogP contribution in [-0.2, 0) is 9.63 Å². The molecule has 0 saturated carbocycles. The number of hydrogen-bond donors (Lipinski definition) is 0. The molecule has 10 heavy (non-hydrogen) atoms. The molecular weight excluding hydrogens is 130 g/mol. The van der Waals surface area contributed by atoms with Crippen LogP contribution in [0.2, 0.25) is 0 Å². The van der Waals surface area contributed by atoms with E-state index in [9.17, 15) is 4.79 Å². The number of oxime groups is 1. The van der Waals surface area contributed by atoms with Gasteiger partial charge >= 0.3 is 0 Å². The molecule has 0 radical (unpaired) electrons. The second kappa shape index (κ2) is 8.14. The van der Waals surface area contributed by atoms with Crippen molar-refractivity contribution in [3.63, 3.8) is 0 Å². The molecule has 0 aliphatic rings. The molecule has 0 saturated heterocycles. The number of rotatable bonds is 6. The van der Waals surface area contributed by atoms with Crippen LogP contribution in [0.15, 0.2) is 5.16 Å². The highest BCUT2D eigenvalue weighted by Crippen LogP contribution is 1.94. The SMILES string of the molecule is CO/N=C/CCCCC=O. The van der Waals surface area contributed by atoms with Gasteiger partial charge in [-0.05, 0) is 19.3 Å². The first-order valence-corrected chi connectivity index (χ1v) is 3.40. The Bertz CT molecular complexity index is 102. The summed E-state index contributed by atoms with van der Waals surface area (Å²) in [6.45, 7) is 0. The lowest BCUT2D eigenvalue weighted by Gasteiger charge is -1.89. The molecule has 0 spiro atoms. The third kappa shape index (κ3) is 7.14. The monoisotopic (exact) mass is 143 g/mol. The molecule has 0 unspecified atom stereocenters. The van der Waals surface area contributed by atoms with E-state index in [1.807, 2.05) is 0 Å². The molecule has 58 valence electrons. The van der Waals surface area contributed by atoms with E-state index in [2.05, 4.69) is 9.99 Å². The maximum absolute atomic E-state index is 9.84. The van der Waals surface area contributed by atoms with E-state index in [4.69, 9.17) is 0 Å². The van der Waals surface area contributed by atoms with Gasteiger partial charge in [0, 0.05) is 12.6 Å². The zero-order valence-corrected chi connectivity index (χ0v) is 6.25. The van der Waals surface area contributed by atoms with Gasteiger partial charge in [0.15, 0.2) is 0 Å². The number of hydrogen-bond acceptors (Lipinski definition) is 3. The molecule has 0 aromatic heterocycles. The summed E-state index contributed by atoms with van der Waals surface area (Å²) < 4.78 is 0. The van der Waals surface area contributed by atoms with Gasteiger partial charge in [-0.15, -0.1) is 0 Å². The Kier molecular flexibility index (Phi) is 7.44. The number of carbonyl (C=O) groups excluding carboxylic acids is 1. The first-order chi connectivity index (χ1) is 4.91. The zero-order chi connectivity index (χ0) is 7.66. The first kappa shape index (κ1) is 9.14. The van der Waals surface area contributed by atoms with Crippen LogP contribution in [-0.4, -0.2) is 19.6 Å². The van der Waals surface area contributed by atoms with Crippen molar-refractivity contribution in [2.75, 3.05) is 7.11 Å². The molecule has 0 bridgehead atoms. The Morgan fingerprint density at radius 2 is 2.10 bits per heavy atom. The average Bonchev–Trinajstić information content (AvgIpc) is 1.97. The summed E-state index contributed by atoms with van der Waals surface area (Å²) in [5.41, 5.74) is 0. The Hall–Kier alpha value is -0.860. The van der Waals surface area contributed by atoms with Gasteiger partial charge < -0.3 is 9.63 Å². The summed E-state index contributed by atoms with van der Waals surface area (Å²) in [5, 5.41) is 3.56. The predicted octanol–water partition coefficient (Wildman–Crippen LogP) is 1.38. The molecule has 0 rings (SSSR count). The fraction of sp³-hybridized carbons (Fsp3) is 0.714. The van der Waals surface area contributed by atoms with Crippen molar-refractivity contribution in [3.8, 4) is 0 Å². The smallest absolute Gasteiger partial charge is 0.119 e. The van der Waals surface area contributed by atoms with Gasteiger partial charge in [0.05, 0.1) is 0 Å². The van der Waals surface area contributed by atoms with Gasteiger partial charge in [0.1, 0.15) is 13.4 Å². The summed E-state index contributed by atoms with van der Waals surface area (Å²) in [6, 6.07) is 0. The lowest BCUT2D eigenvalue weighted by molar-refractivity contribution is -0.107. The molecule has 0 aliphatic heterocycles. The maximum atomic E-state index is 9.84. The fourth-order valence-corrected chi connectivity index (χ4v) is 0.591. The van der Waals surface area contributed by atoms with Gasteiger partial charge in [-0.3, -0.25) is 0 Å². The molecule has 3 nitrogen and oxygen atoms in total. The lowest BCUT2D eigenvalue weighted by atomic mass is 10.2. The minimum atomic E-state index is 0.654. The van der Waals surface area contributed by atoms with Crippen molar-refractivity contribution < 1.29 is 9.63 Å². The maximum Gasteiger partial charge on any atom is 0.119 e. The Morgan fingerprint density at radius 1 is 1.40 bits per heavy atom. The standard InChI is InChI=1S/C7H13NO2/c1-10-8-6-4-2-3-5-7-9/h6-7H,2-5H2,1H3/b8-6+. The van der Waals surface area contributed by atoms with Gasteiger partial charge in [-0.1, -0.05) is 5.16 Å². The lowest BCUT2D eigenvalue weighted by Crippen LogP contribution is -1.80. The second-order valence-electron chi connectivity index (χ2n) is 1.92. The molecule has 0 amide bonds. The van der Waals surface area contributed by atoms with Crippen molar-refractivity contribution in [1.29, 1.82) is 0 Å². The van der Waals surface area contributed by atoms with Crippen LogP contribution >= 0.6 is 0 Å². The van der Waals surface area contributed by atoms with E-state index in [0.717, 1.165) is 25.5 Å².